The molecule has 0 aliphatic carbocycles. The smallest absolute Gasteiger partial charge is 0.255 e. The first kappa shape index (κ1) is 9.40. The summed E-state index contributed by atoms with van der Waals surface area (Å²) in [4.78, 5) is 11.4. The molecular formula is C10H11NO2. The van der Waals surface area contributed by atoms with Crippen molar-refractivity contribution in [2.45, 2.75) is 13.5 Å². The fourth-order valence-electron chi connectivity index (χ4n) is 1.11. The number of hydrogen-bond donors (Lipinski definition) is 0. The molecule has 0 bridgehead atoms. The molecule has 0 fully saturated rings. The van der Waals surface area contributed by atoms with Crippen LogP contribution in [-0.4, -0.2) is 11.7 Å². The van der Waals surface area contributed by atoms with E-state index in [1.165, 1.54) is 17.7 Å². The molecule has 1 aromatic rings. The van der Waals surface area contributed by atoms with Gasteiger partial charge in [-0.15, -0.1) is 6.42 Å². The maximum absolute atomic E-state index is 11.4. The van der Waals surface area contributed by atoms with Crippen LogP contribution in [-0.2, 0) is 6.54 Å². The van der Waals surface area contributed by atoms with E-state index in [-0.39, 0.29) is 5.56 Å². The standard InChI is InChI=1S/C10H11NO2/c1-4-5-11-8(2)6-9(13-3)7-10(11)12/h1,6-7H,5H2,2-3H3. The Bertz CT molecular complexity index is 398. The van der Waals surface area contributed by atoms with Gasteiger partial charge in [-0.05, 0) is 13.0 Å². The summed E-state index contributed by atoms with van der Waals surface area (Å²) in [7, 11) is 1.53. The van der Waals surface area contributed by atoms with Crippen molar-refractivity contribution in [3.8, 4) is 18.1 Å². The average Bonchev–Trinajstić information content (AvgIpc) is 2.11. The zero-order valence-electron chi connectivity index (χ0n) is 7.70. The first-order valence-electron chi connectivity index (χ1n) is 3.88. The SMILES string of the molecule is C#CCn1c(C)cc(OC)cc1=O. The highest BCUT2D eigenvalue weighted by Crippen LogP contribution is 2.08. The van der Waals surface area contributed by atoms with Crippen LogP contribution in [0.25, 0.3) is 0 Å². The van der Waals surface area contributed by atoms with Crippen molar-refractivity contribution in [1.29, 1.82) is 0 Å². The van der Waals surface area contributed by atoms with E-state index in [1.807, 2.05) is 6.92 Å². The Morgan fingerprint density at radius 1 is 1.62 bits per heavy atom. The van der Waals surface area contributed by atoms with Crippen molar-refractivity contribution in [1.82, 2.24) is 4.57 Å². The number of ether oxygens (including phenoxy) is 1. The molecule has 0 unspecified atom stereocenters. The highest BCUT2D eigenvalue weighted by Gasteiger charge is 2.01. The summed E-state index contributed by atoms with van der Waals surface area (Å²) >= 11 is 0. The first-order chi connectivity index (χ1) is 6.19. The maximum Gasteiger partial charge on any atom is 0.255 e. The van der Waals surface area contributed by atoms with Gasteiger partial charge < -0.3 is 9.30 Å². The van der Waals surface area contributed by atoms with Gasteiger partial charge in [-0.25, -0.2) is 0 Å². The van der Waals surface area contributed by atoms with E-state index < -0.39 is 0 Å². The summed E-state index contributed by atoms with van der Waals surface area (Å²) in [6.45, 7) is 2.12. The van der Waals surface area contributed by atoms with Crippen LogP contribution in [0.15, 0.2) is 16.9 Å². The molecule has 1 rings (SSSR count). The van der Waals surface area contributed by atoms with Crippen molar-refractivity contribution in [3.63, 3.8) is 0 Å². The highest BCUT2D eigenvalue weighted by atomic mass is 16.5. The topological polar surface area (TPSA) is 31.2 Å². The van der Waals surface area contributed by atoms with Gasteiger partial charge in [-0.2, -0.15) is 0 Å². The summed E-state index contributed by atoms with van der Waals surface area (Å²) in [5.41, 5.74) is 0.678. The van der Waals surface area contributed by atoms with Gasteiger partial charge in [0.1, 0.15) is 5.75 Å². The second-order valence-electron chi connectivity index (χ2n) is 2.67. The monoisotopic (exact) mass is 177 g/mol. The molecule has 0 amide bonds. The third kappa shape index (κ3) is 1.91. The number of pyridine rings is 1. The molecule has 0 aromatic carbocycles. The lowest BCUT2D eigenvalue weighted by Crippen LogP contribution is -2.20. The summed E-state index contributed by atoms with van der Waals surface area (Å²) in [5, 5.41) is 0. The van der Waals surface area contributed by atoms with E-state index in [9.17, 15) is 4.79 Å². The van der Waals surface area contributed by atoms with Gasteiger partial charge in [0.2, 0.25) is 0 Å². The number of aryl methyl sites for hydroxylation is 1. The van der Waals surface area contributed by atoms with Crippen LogP contribution in [0.3, 0.4) is 0 Å². The van der Waals surface area contributed by atoms with Crippen molar-refractivity contribution in [3.05, 3.63) is 28.2 Å². The van der Waals surface area contributed by atoms with Crippen molar-refractivity contribution in [2.75, 3.05) is 7.11 Å². The lowest BCUT2D eigenvalue weighted by atomic mass is 10.3. The molecule has 0 spiro atoms. The summed E-state index contributed by atoms with van der Waals surface area (Å²) in [6, 6.07) is 3.20. The Kier molecular flexibility index (Phi) is 2.76. The van der Waals surface area contributed by atoms with Gasteiger partial charge in [-0.3, -0.25) is 4.79 Å². The molecule has 0 radical (unpaired) electrons. The first-order valence-corrected chi connectivity index (χ1v) is 3.88. The molecule has 0 saturated heterocycles. The Hall–Kier alpha value is -1.69. The average molecular weight is 177 g/mol. The molecular weight excluding hydrogens is 166 g/mol. The van der Waals surface area contributed by atoms with Crippen LogP contribution >= 0.6 is 0 Å². The van der Waals surface area contributed by atoms with Gasteiger partial charge >= 0.3 is 0 Å². The van der Waals surface area contributed by atoms with E-state index in [2.05, 4.69) is 5.92 Å². The minimum atomic E-state index is -0.130. The Labute approximate surface area is 77.0 Å². The van der Waals surface area contributed by atoms with Gasteiger partial charge in [0, 0.05) is 11.8 Å². The van der Waals surface area contributed by atoms with E-state index in [0.29, 0.717) is 12.3 Å². The number of hydrogen-bond acceptors (Lipinski definition) is 2. The number of terminal acetylenes is 1. The van der Waals surface area contributed by atoms with Crippen molar-refractivity contribution in [2.24, 2.45) is 0 Å². The number of aromatic nitrogens is 1. The maximum atomic E-state index is 11.4. The molecule has 13 heavy (non-hydrogen) atoms. The largest absolute Gasteiger partial charge is 0.496 e. The molecule has 1 aromatic heterocycles. The molecule has 0 atom stereocenters. The molecule has 0 aliphatic rings. The van der Waals surface area contributed by atoms with Gasteiger partial charge in [0.15, 0.2) is 0 Å². The second-order valence-corrected chi connectivity index (χ2v) is 2.67. The quantitative estimate of drug-likeness (QED) is 0.626. The van der Waals surface area contributed by atoms with E-state index in [0.717, 1.165) is 5.69 Å². The normalized spacial score (nSPS) is 9.31. The third-order valence-corrected chi connectivity index (χ3v) is 1.79. The minimum Gasteiger partial charge on any atom is -0.496 e. The Balaban J connectivity index is 3.25. The van der Waals surface area contributed by atoms with Crippen LogP contribution < -0.4 is 10.3 Å². The molecule has 3 heteroatoms. The zero-order valence-corrected chi connectivity index (χ0v) is 7.70. The summed E-state index contributed by atoms with van der Waals surface area (Å²) in [5.74, 6) is 2.99. The highest BCUT2D eigenvalue weighted by molar-refractivity contribution is 5.23. The van der Waals surface area contributed by atoms with Crippen molar-refractivity contribution >= 4 is 0 Å². The zero-order chi connectivity index (χ0) is 9.84. The predicted molar refractivity (Wildman–Crippen MR) is 50.8 cm³/mol. The molecule has 1 heterocycles. The molecule has 0 aliphatic heterocycles. The van der Waals surface area contributed by atoms with Crippen LogP contribution in [0.1, 0.15) is 5.69 Å². The molecule has 3 nitrogen and oxygen atoms in total. The van der Waals surface area contributed by atoms with E-state index in [1.54, 1.807) is 6.07 Å². The van der Waals surface area contributed by atoms with Crippen LogP contribution in [0.5, 0.6) is 5.75 Å². The minimum absolute atomic E-state index is 0.130. The Morgan fingerprint density at radius 3 is 2.77 bits per heavy atom. The van der Waals surface area contributed by atoms with Crippen LogP contribution in [0.2, 0.25) is 0 Å². The molecule has 0 saturated carbocycles. The summed E-state index contributed by atoms with van der Waals surface area (Å²) in [6.07, 6.45) is 5.13. The number of methoxy groups -OCH3 is 1. The van der Waals surface area contributed by atoms with E-state index in [4.69, 9.17) is 11.2 Å². The van der Waals surface area contributed by atoms with Gasteiger partial charge in [0.25, 0.3) is 5.56 Å². The fraction of sp³-hybridized carbons (Fsp3) is 0.300. The van der Waals surface area contributed by atoms with Crippen LogP contribution in [0.4, 0.5) is 0 Å². The van der Waals surface area contributed by atoms with E-state index >= 15 is 0 Å². The fourth-order valence-corrected chi connectivity index (χ4v) is 1.11. The lowest BCUT2D eigenvalue weighted by Gasteiger charge is -2.07. The lowest BCUT2D eigenvalue weighted by molar-refractivity contribution is 0.411. The molecule has 0 N–H and O–H groups in total. The molecule has 68 valence electrons. The number of nitrogens with zero attached hydrogens (tertiary/aromatic N) is 1. The second kappa shape index (κ2) is 3.81. The van der Waals surface area contributed by atoms with Crippen LogP contribution in [0, 0.1) is 19.3 Å². The van der Waals surface area contributed by atoms with Gasteiger partial charge in [0.05, 0.1) is 13.7 Å². The predicted octanol–water partition coefficient (Wildman–Crippen LogP) is 0.799. The third-order valence-electron chi connectivity index (χ3n) is 1.79. The van der Waals surface area contributed by atoms with Crippen molar-refractivity contribution < 1.29 is 4.74 Å². The Morgan fingerprint density at radius 2 is 2.31 bits per heavy atom. The van der Waals surface area contributed by atoms with Gasteiger partial charge in [-0.1, -0.05) is 5.92 Å². The number of rotatable bonds is 2. The summed E-state index contributed by atoms with van der Waals surface area (Å²) < 4.78 is 6.46.